The molecule has 1 N–H and O–H groups in total. The molecule has 4 nitrogen and oxygen atoms in total. The Hall–Kier alpha value is -0.610. The van der Waals surface area contributed by atoms with Crippen LogP contribution in [0.5, 0.6) is 0 Å². The van der Waals surface area contributed by atoms with Crippen molar-refractivity contribution in [3.8, 4) is 0 Å². The van der Waals surface area contributed by atoms with Crippen molar-refractivity contribution in [3.05, 3.63) is 0 Å². The van der Waals surface area contributed by atoms with E-state index in [4.69, 9.17) is 0 Å². The fourth-order valence-electron chi connectivity index (χ4n) is 2.67. The van der Waals surface area contributed by atoms with E-state index in [-0.39, 0.29) is 0 Å². The fraction of sp³-hybridized carbons (Fsp3) is 0.929. The average molecular weight is 251 g/mol. The summed E-state index contributed by atoms with van der Waals surface area (Å²) in [7, 11) is 0. The molecule has 3 aliphatic rings. The van der Waals surface area contributed by atoms with E-state index in [1.54, 1.807) is 0 Å². The number of hydrogen-bond acceptors (Lipinski definition) is 3. The lowest BCUT2D eigenvalue weighted by atomic mass is 10.2. The number of hydrogen-bond donors (Lipinski definition) is 1. The first-order valence-corrected chi connectivity index (χ1v) is 7.55. The van der Waals surface area contributed by atoms with E-state index in [2.05, 4.69) is 15.1 Å². The summed E-state index contributed by atoms with van der Waals surface area (Å²) in [6.07, 6.45) is 6.12. The van der Waals surface area contributed by atoms with Crippen LogP contribution in [0.3, 0.4) is 0 Å². The summed E-state index contributed by atoms with van der Waals surface area (Å²) in [4.78, 5) is 16.6. The number of carbonyl (C=O) groups excluding carboxylic acids is 1. The third-order valence-electron chi connectivity index (χ3n) is 4.29. The van der Waals surface area contributed by atoms with Crippen LogP contribution in [0.2, 0.25) is 0 Å². The molecule has 18 heavy (non-hydrogen) atoms. The third-order valence-corrected chi connectivity index (χ3v) is 4.29. The van der Waals surface area contributed by atoms with Gasteiger partial charge in [0.1, 0.15) is 0 Å². The Morgan fingerprint density at radius 2 is 1.78 bits per heavy atom. The van der Waals surface area contributed by atoms with Crippen molar-refractivity contribution in [3.63, 3.8) is 0 Å². The van der Waals surface area contributed by atoms with Crippen molar-refractivity contribution in [2.45, 2.75) is 38.1 Å². The van der Waals surface area contributed by atoms with Crippen LogP contribution in [-0.2, 0) is 4.79 Å². The Labute approximate surface area is 110 Å². The minimum atomic E-state index is 0.342. The number of nitrogens with one attached hydrogen (secondary N) is 1. The molecule has 0 spiro atoms. The van der Waals surface area contributed by atoms with Crippen molar-refractivity contribution < 1.29 is 4.79 Å². The first-order valence-electron chi connectivity index (χ1n) is 7.55. The lowest BCUT2D eigenvalue weighted by molar-refractivity contribution is -0.132. The zero-order valence-electron chi connectivity index (χ0n) is 11.2. The second-order valence-corrected chi connectivity index (χ2v) is 6.10. The van der Waals surface area contributed by atoms with Gasteiger partial charge >= 0.3 is 0 Å². The van der Waals surface area contributed by atoms with E-state index in [0.29, 0.717) is 18.4 Å². The Morgan fingerprint density at radius 3 is 2.39 bits per heavy atom. The van der Waals surface area contributed by atoms with Gasteiger partial charge in [0, 0.05) is 51.7 Å². The van der Waals surface area contributed by atoms with Crippen LogP contribution in [0.4, 0.5) is 0 Å². The van der Waals surface area contributed by atoms with Gasteiger partial charge in [-0.1, -0.05) is 0 Å². The predicted octanol–water partition coefficient (Wildman–Crippen LogP) is 0.683. The smallest absolute Gasteiger partial charge is 0.223 e. The van der Waals surface area contributed by atoms with Gasteiger partial charge in [-0.05, 0) is 31.6 Å². The van der Waals surface area contributed by atoms with Gasteiger partial charge in [-0.25, -0.2) is 0 Å². The maximum atomic E-state index is 12.0. The van der Waals surface area contributed by atoms with Crippen molar-refractivity contribution >= 4 is 5.91 Å². The largest absolute Gasteiger partial charge is 0.340 e. The quantitative estimate of drug-likeness (QED) is 0.754. The Bertz CT molecular complexity index is 291. The van der Waals surface area contributed by atoms with Crippen LogP contribution in [0, 0.1) is 5.92 Å². The molecule has 0 radical (unpaired) electrons. The normalized spacial score (nSPS) is 25.4. The Morgan fingerprint density at radius 1 is 1.06 bits per heavy atom. The van der Waals surface area contributed by atoms with Gasteiger partial charge < -0.3 is 10.2 Å². The molecule has 3 fully saturated rings. The zero-order chi connectivity index (χ0) is 12.4. The van der Waals surface area contributed by atoms with Gasteiger partial charge in [-0.3, -0.25) is 9.69 Å². The summed E-state index contributed by atoms with van der Waals surface area (Å²) in [5.41, 5.74) is 0. The molecule has 0 unspecified atom stereocenters. The Balaban J connectivity index is 1.31. The first-order chi connectivity index (χ1) is 8.81. The number of carbonyl (C=O) groups is 1. The van der Waals surface area contributed by atoms with Crippen molar-refractivity contribution in [2.75, 3.05) is 39.3 Å². The molecule has 1 saturated heterocycles. The zero-order valence-corrected chi connectivity index (χ0v) is 11.2. The molecule has 0 aromatic carbocycles. The molecule has 1 aliphatic heterocycles. The van der Waals surface area contributed by atoms with E-state index in [9.17, 15) is 4.79 Å². The van der Waals surface area contributed by atoms with Crippen LogP contribution >= 0.6 is 0 Å². The van der Waals surface area contributed by atoms with Gasteiger partial charge in [0.05, 0.1) is 0 Å². The summed E-state index contributed by atoms with van der Waals surface area (Å²) in [5.74, 6) is 1.31. The Kier molecular flexibility index (Phi) is 3.85. The van der Waals surface area contributed by atoms with Crippen LogP contribution in [0.15, 0.2) is 0 Å². The molecular weight excluding hydrogens is 226 g/mol. The second kappa shape index (κ2) is 5.57. The molecule has 2 aliphatic carbocycles. The van der Waals surface area contributed by atoms with E-state index >= 15 is 0 Å². The molecule has 4 heteroatoms. The standard InChI is InChI=1S/C14H25N3O/c18-14(5-6-15-13-3-4-13)17-9-7-16(8-10-17)11-12-1-2-12/h12-13,15H,1-11H2. The fourth-order valence-corrected chi connectivity index (χ4v) is 2.67. The van der Waals surface area contributed by atoms with Crippen molar-refractivity contribution in [1.29, 1.82) is 0 Å². The minimum Gasteiger partial charge on any atom is -0.340 e. The highest BCUT2D eigenvalue weighted by molar-refractivity contribution is 5.76. The molecule has 0 bridgehead atoms. The van der Waals surface area contributed by atoms with Crippen LogP contribution in [0.25, 0.3) is 0 Å². The molecule has 0 aromatic heterocycles. The number of amides is 1. The predicted molar refractivity (Wildman–Crippen MR) is 71.4 cm³/mol. The summed E-state index contributed by atoms with van der Waals surface area (Å²) >= 11 is 0. The lowest BCUT2D eigenvalue weighted by Crippen LogP contribution is -2.49. The number of nitrogens with zero attached hydrogens (tertiary/aromatic N) is 2. The summed E-state index contributed by atoms with van der Waals surface area (Å²) in [6.45, 7) is 6.18. The molecular formula is C14H25N3O. The SMILES string of the molecule is O=C(CCNC1CC1)N1CCN(CC2CC2)CC1. The molecule has 1 heterocycles. The minimum absolute atomic E-state index is 0.342. The van der Waals surface area contributed by atoms with Gasteiger partial charge in [-0.2, -0.15) is 0 Å². The lowest BCUT2D eigenvalue weighted by Gasteiger charge is -2.34. The van der Waals surface area contributed by atoms with E-state index < -0.39 is 0 Å². The molecule has 0 atom stereocenters. The average Bonchev–Trinajstić information content (AvgIpc) is 3.24. The van der Waals surface area contributed by atoms with Crippen molar-refractivity contribution in [2.24, 2.45) is 5.92 Å². The van der Waals surface area contributed by atoms with Gasteiger partial charge in [0.2, 0.25) is 5.91 Å². The third kappa shape index (κ3) is 3.69. The van der Waals surface area contributed by atoms with Crippen LogP contribution in [0.1, 0.15) is 32.1 Å². The summed E-state index contributed by atoms with van der Waals surface area (Å²) < 4.78 is 0. The van der Waals surface area contributed by atoms with Crippen LogP contribution in [-0.4, -0.2) is 61.0 Å². The highest BCUT2D eigenvalue weighted by Gasteiger charge is 2.27. The van der Waals surface area contributed by atoms with Gasteiger partial charge in [0.25, 0.3) is 0 Å². The maximum Gasteiger partial charge on any atom is 0.223 e. The first kappa shape index (κ1) is 12.4. The van der Waals surface area contributed by atoms with E-state index in [0.717, 1.165) is 38.6 Å². The molecule has 3 rings (SSSR count). The summed E-state index contributed by atoms with van der Waals surface area (Å²) in [6, 6.07) is 0.716. The highest BCUT2D eigenvalue weighted by Crippen LogP contribution is 2.29. The molecule has 2 saturated carbocycles. The number of rotatable bonds is 6. The second-order valence-electron chi connectivity index (χ2n) is 6.10. The molecule has 1 amide bonds. The van der Waals surface area contributed by atoms with Gasteiger partial charge in [-0.15, -0.1) is 0 Å². The van der Waals surface area contributed by atoms with E-state index in [1.807, 2.05) is 0 Å². The van der Waals surface area contributed by atoms with E-state index in [1.165, 1.54) is 32.2 Å². The maximum absolute atomic E-state index is 12.0. The molecule has 0 aromatic rings. The highest BCUT2D eigenvalue weighted by atomic mass is 16.2. The topological polar surface area (TPSA) is 35.6 Å². The van der Waals surface area contributed by atoms with Crippen LogP contribution < -0.4 is 5.32 Å². The summed E-state index contributed by atoms with van der Waals surface area (Å²) in [5, 5.41) is 3.41. The monoisotopic (exact) mass is 251 g/mol. The number of piperazine rings is 1. The molecule has 102 valence electrons. The van der Waals surface area contributed by atoms with Crippen molar-refractivity contribution in [1.82, 2.24) is 15.1 Å². The van der Waals surface area contributed by atoms with Gasteiger partial charge in [0.15, 0.2) is 0 Å².